The van der Waals surface area contributed by atoms with Crippen molar-refractivity contribution in [3.05, 3.63) is 47.5 Å². The van der Waals surface area contributed by atoms with E-state index < -0.39 is 10.0 Å². The Morgan fingerprint density at radius 3 is 2.03 bits per heavy atom. The number of amides is 1. The largest absolute Gasteiger partial charge is 0.484 e. The van der Waals surface area contributed by atoms with Crippen molar-refractivity contribution in [3.63, 3.8) is 0 Å². The first-order valence-corrected chi connectivity index (χ1v) is 12.5. The van der Waals surface area contributed by atoms with Crippen molar-refractivity contribution < 1.29 is 17.9 Å². The first-order valence-electron chi connectivity index (χ1n) is 11.1. The highest BCUT2D eigenvalue weighted by atomic mass is 32.2. The van der Waals surface area contributed by atoms with Gasteiger partial charge in [-0.05, 0) is 69.2 Å². The topological polar surface area (TPSA) is 79.0 Å². The normalized spacial score (nSPS) is 11.5. The Kier molecular flexibility index (Phi) is 9.09. The molecule has 0 aliphatic heterocycles. The van der Waals surface area contributed by atoms with E-state index in [4.69, 9.17) is 4.74 Å². The van der Waals surface area contributed by atoms with Crippen LogP contribution in [0.1, 0.15) is 38.8 Å². The Morgan fingerprint density at radius 2 is 1.50 bits per heavy atom. The van der Waals surface area contributed by atoms with Crippen LogP contribution < -0.4 is 15.0 Å². The minimum absolute atomic E-state index is 0.155. The summed E-state index contributed by atoms with van der Waals surface area (Å²) in [5.74, 6) is 0.273. The van der Waals surface area contributed by atoms with Crippen LogP contribution in [-0.4, -0.2) is 51.4 Å². The quantitative estimate of drug-likeness (QED) is 0.543. The number of rotatable bonds is 11. The average molecular weight is 462 g/mol. The van der Waals surface area contributed by atoms with E-state index in [1.54, 1.807) is 26.0 Å². The van der Waals surface area contributed by atoms with E-state index in [1.807, 2.05) is 45.9 Å². The number of nitrogens with zero attached hydrogens (tertiary/aromatic N) is 2. The molecule has 176 valence electrons. The Morgan fingerprint density at radius 1 is 0.906 bits per heavy atom. The van der Waals surface area contributed by atoms with Gasteiger partial charge in [0.1, 0.15) is 5.75 Å². The number of anilines is 2. The minimum Gasteiger partial charge on any atom is -0.484 e. The number of hydrogen-bond acceptors (Lipinski definition) is 5. The molecule has 2 aromatic carbocycles. The smallest absolute Gasteiger partial charge is 0.262 e. The fourth-order valence-corrected chi connectivity index (χ4v) is 5.16. The van der Waals surface area contributed by atoms with E-state index in [2.05, 4.69) is 10.2 Å². The Labute approximate surface area is 192 Å². The summed E-state index contributed by atoms with van der Waals surface area (Å²) in [4.78, 5) is 14.9. The summed E-state index contributed by atoms with van der Waals surface area (Å²) in [5, 5.41) is 2.86. The van der Waals surface area contributed by atoms with Crippen molar-refractivity contribution in [2.75, 3.05) is 43.0 Å². The molecule has 32 heavy (non-hydrogen) atoms. The van der Waals surface area contributed by atoms with Crippen LogP contribution >= 0.6 is 0 Å². The van der Waals surface area contributed by atoms with Crippen LogP contribution in [0.4, 0.5) is 11.4 Å². The molecule has 0 unspecified atom stereocenters. The van der Waals surface area contributed by atoms with Gasteiger partial charge in [-0.2, -0.15) is 4.31 Å². The Hall–Kier alpha value is -2.58. The van der Waals surface area contributed by atoms with Crippen LogP contribution in [0.2, 0.25) is 0 Å². The van der Waals surface area contributed by atoms with Gasteiger partial charge in [0.2, 0.25) is 10.0 Å². The van der Waals surface area contributed by atoms with Crippen molar-refractivity contribution in [2.24, 2.45) is 0 Å². The Bertz CT molecular complexity index is 1010. The molecule has 0 aliphatic carbocycles. The third kappa shape index (κ3) is 6.23. The molecule has 8 heteroatoms. The van der Waals surface area contributed by atoms with E-state index in [0.29, 0.717) is 24.5 Å². The van der Waals surface area contributed by atoms with Crippen molar-refractivity contribution in [1.82, 2.24) is 4.31 Å². The van der Waals surface area contributed by atoms with Crippen LogP contribution in [0.5, 0.6) is 5.75 Å². The molecule has 2 aromatic rings. The van der Waals surface area contributed by atoms with Crippen molar-refractivity contribution in [1.29, 1.82) is 0 Å². The minimum atomic E-state index is -3.65. The number of nitrogens with one attached hydrogen (secondary N) is 1. The number of carbonyl (C=O) groups is 1. The van der Waals surface area contributed by atoms with Crippen LogP contribution in [-0.2, 0) is 14.8 Å². The number of ether oxygens (including phenoxy) is 1. The highest BCUT2D eigenvalue weighted by molar-refractivity contribution is 7.89. The van der Waals surface area contributed by atoms with Gasteiger partial charge in [0, 0.05) is 26.2 Å². The van der Waals surface area contributed by atoms with Gasteiger partial charge in [-0.3, -0.25) is 4.79 Å². The van der Waals surface area contributed by atoms with Crippen LogP contribution in [0.15, 0.2) is 41.3 Å². The molecule has 1 N–H and O–H groups in total. The zero-order valence-electron chi connectivity index (χ0n) is 19.9. The van der Waals surface area contributed by atoms with Crippen LogP contribution in [0, 0.1) is 13.8 Å². The van der Waals surface area contributed by atoms with Gasteiger partial charge in [0.25, 0.3) is 5.91 Å². The highest BCUT2D eigenvalue weighted by Gasteiger charge is 2.24. The molecule has 0 aromatic heterocycles. The van der Waals surface area contributed by atoms with Crippen molar-refractivity contribution >= 4 is 27.3 Å². The summed E-state index contributed by atoms with van der Waals surface area (Å²) in [6.07, 6.45) is 0. The molecule has 1 amide bonds. The van der Waals surface area contributed by atoms with E-state index in [0.717, 1.165) is 29.9 Å². The van der Waals surface area contributed by atoms with Gasteiger partial charge in [-0.1, -0.05) is 19.9 Å². The van der Waals surface area contributed by atoms with Crippen molar-refractivity contribution in [2.45, 2.75) is 46.4 Å². The lowest BCUT2D eigenvalue weighted by Crippen LogP contribution is -2.31. The zero-order chi connectivity index (χ0) is 23.9. The average Bonchev–Trinajstić information content (AvgIpc) is 2.74. The molecule has 0 bridgehead atoms. The molecule has 0 saturated heterocycles. The molecule has 2 rings (SSSR count). The fraction of sp³-hybridized carbons (Fsp3) is 0.458. The summed E-state index contributed by atoms with van der Waals surface area (Å²) >= 11 is 0. The van der Waals surface area contributed by atoms with E-state index in [1.165, 1.54) is 10.4 Å². The number of sulfonamides is 1. The summed E-state index contributed by atoms with van der Waals surface area (Å²) in [5.41, 5.74) is 3.33. The first-order chi connectivity index (χ1) is 15.2. The van der Waals surface area contributed by atoms with Gasteiger partial charge in [0.05, 0.1) is 16.3 Å². The van der Waals surface area contributed by atoms with E-state index in [9.17, 15) is 13.2 Å². The summed E-state index contributed by atoms with van der Waals surface area (Å²) < 4.78 is 33.1. The first kappa shape index (κ1) is 25.7. The molecule has 7 nitrogen and oxygen atoms in total. The predicted octanol–water partition coefficient (Wildman–Crippen LogP) is 4.20. The van der Waals surface area contributed by atoms with E-state index >= 15 is 0 Å². The molecule has 0 spiro atoms. The third-order valence-corrected chi connectivity index (χ3v) is 7.30. The van der Waals surface area contributed by atoms with Gasteiger partial charge in [0.15, 0.2) is 6.61 Å². The second-order valence-electron chi connectivity index (χ2n) is 7.60. The maximum absolute atomic E-state index is 13.0. The number of benzene rings is 2. The molecule has 0 atom stereocenters. The second-order valence-corrected chi connectivity index (χ2v) is 9.54. The number of carbonyl (C=O) groups excluding carboxylic acids is 1. The maximum atomic E-state index is 13.0. The Balaban J connectivity index is 2.32. The molecule has 0 saturated carbocycles. The lowest BCUT2D eigenvalue weighted by molar-refractivity contribution is -0.118. The standard InChI is InChI=1S/C24H35N3O4S/c1-7-26(8-2)23-12-11-21(32(29,30)27(9-3)10-4)16-22(23)25-24(28)17-31-20-14-18(5)13-19(6)15-20/h11-16H,7-10,17H2,1-6H3,(H,25,28). The van der Waals surface area contributed by atoms with Gasteiger partial charge in [-0.15, -0.1) is 0 Å². The number of hydrogen-bond donors (Lipinski definition) is 1. The SMILES string of the molecule is CCN(CC)c1ccc(S(=O)(=O)N(CC)CC)cc1NC(=O)COc1cc(C)cc(C)c1. The summed E-state index contributed by atoms with van der Waals surface area (Å²) in [6.45, 7) is 13.6. The lowest BCUT2D eigenvalue weighted by Gasteiger charge is -2.26. The molecule has 0 radical (unpaired) electrons. The molecule has 0 fully saturated rings. The summed E-state index contributed by atoms with van der Waals surface area (Å²) in [7, 11) is -3.65. The lowest BCUT2D eigenvalue weighted by atomic mass is 10.1. The zero-order valence-corrected chi connectivity index (χ0v) is 20.8. The third-order valence-electron chi connectivity index (χ3n) is 5.25. The molecular weight excluding hydrogens is 426 g/mol. The molecule has 0 heterocycles. The van der Waals surface area contributed by atoms with Crippen LogP contribution in [0.25, 0.3) is 0 Å². The highest BCUT2D eigenvalue weighted by Crippen LogP contribution is 2.30. The maximum Gasteiger partial charge on any atom is 0.262 e. The van der Waals surface area contributed by atoms with Gasteiger partial charge < -0.3 is 15.0 Å². The molecule has 0 aliphatic rings. The number of aryl methyl sites for hydroxylation is 2. The fourth-order valence-electron chi connectivity index (χ4n) is 3.68. The molecular formula is C24H35N3O4S. The summed E-state index contributed by atoms with van der Waals surface area (Å²) in [6, 6.07) is 10.7. The van der Waals surface area contributed by atoms with Crippen molar-refractivity contribution in [3.8, 4) is 5.75 Å². The van der Waals surface area contributed by atoms with Gasteiger partial charge in [-0.25, -0.2) is 8.42 Å². The van der Waals surface area contributed by atoms with E-state index in [-0.39, 0.29) is 17.4 Å². The predicted molar refractivity (Wildman–Crippen MR) is 130 cm³/mol. The monoisotopic (exact) mass is 461 g/mol. The second kappa shape index (κ2) is 11.3. The van der Waals surface area contributed by atoms with Gasteiger partial charge >= 0.3 is 0 Å². The van der Waals surface area contributed by atoms with Crippen LogP contribution in [0.3, 0.4) is 0 Å².